The van der Waals surface area contributed by atoms with Crippen molar-refractivity contribution < 1.29 is 19.1 Å². The van der Waals surface area contributed by atoms with Crippen LogP contribution in [-0.4, -0.2) is 42.3 Å². The summed E-state index contributed by atoms with van der Waals surface area (Å²) in [4.78, 5) is 26.2. The van der Waals surface area contributed by atoms with Crippen molar-refractivity contribution in [2.75, 3.05) is 19.7 Å². The number of hydrogen-bond donors (Lipinski definition) is 0. The summed E-state index contributed by atoms with van der Waals surface area (Å²) in [5, 5.41) is 0. The van der Waals surface area contributed by atoms with E-state index in [4.69, 9.17) is 9.47 Å². The second-order valence-electron chi connectivity index (χ2n) is 7.12. The van der Waals surface area contributed by atoms with E-state index in [-0.39, 0.29) is 17.5 Å². The molecule has 0 N–H and O–H groups in total. The zero-order valence-electron chi connectivity index (χ0n) is 13.6. The summed E-state index contributed by atoms with van der Waals surface area (Å²) in [5.74, 6) is 0.369. The second kappa shape index (κ2) is 5.85. The van der Waals surface area contributed by atoms with Crippen LogP contribution in [0.25, 0.3) is 0 Å². The van der Waals surface area contributed by atoms with Crippen LogP contribution in [0.5, 0.6) is 0 Å². The summed E-state index contributed by atoms with van der Waals surface area (Å²) in [7, 11) is 0. The maximum absolute atomic E-state index is 12.3. The van der Waals surface area contributed by atoms with Crippen molar-refractivity contribution in [3.05, 3.63) is 0 Å². The van der Waals surface area contributed by atoms with Crippen molar-refractivity contribution in [1.29, 1.82) is 0 Å². The van der Waals surface area contributed by atoms with Gasteiger partial charge in [-0.2, -0.15) is 0 Å². The highest BCUT2D eigenvalue weighted by Crippen LogP contribution is 2.52. The molecule has 2 aliphatic rings. The number of carbonyl (C=O) groups is 2. The number of hydrogen-bond acceptors (Lipinski definition) is 4. The third-order valence-electron chi connectivity index (χ3n) is 4.35. The van der Waals surface area contributed by atoms with Crippen LogP contribution in [0.3, 0.4) is 0 Å². The van der Waals surface area contributed by atoms with Gasteiger partial charge in [-0.15, -0.1) is 0 Å². The molecule has 1 aliphatic heterocycles. The van der Waals surface area contributed by atoms with Gasteiger partial charge in [0.1, 0.15) is 5.60 Å². The third kappa shape index (κ3) is 3.69. The van der Waals surface area contributed by atoms with E-state index in [0.717, 1.165) is 12.8 Å². The van der Waals surface area contributed by atoms with Crippen LogP contribution in [-0.2, 0) is 14.3 Å². The van der Waals surface area contributed by atoms with E-state index in [0.29, 0.717) is 38.5 Å². The molecule has 1 aliphatic carbocycles. The van der Waals surface area contributed by atoms with Gasteiger partial charge in [-0.05, 0) is 59.3 Å². The van der Waals surface area contributed by atoms with Crippen LogP contribution < -0.4 is 0 Å². The molecule has 0 atom stereocenters. The molecule has 120 valence electrons. The molecule has 21 heavy (non-hydrogen) atoms. The first-order valence-corrected chi connectivity index (χ1v) is 7.93. The zero-order chi connectivity index (χ0) is 15.7. The zero-order valence-corrected chi connectivity index (χ0v) is 13.6. The molecular weight excluding hydrogens is 270 g/mol. The van der Waals surface area contributed by atoms with Crippen molar-refractivity contribution in [2.24, 2.45) is 11.3 Å². The maximum atomic E-state index is 12.3. The minimum absolute atomic E-state index is 0.0728. The van der Waals surface area contributed by atoms with Gasteiger partial charge in [0.05, 0.1) is 12.0 Å². The molecule has 0 aromatic rings. The topological polar surface area (TPSA) is 55.8 Å². The van der Waals surface area contributed by atoms with Crippen LogP contribution in [0.1, 0.15) is 53.4 Å². The smallest absolute Gasteiger partial charge is 0.410 e. The quantitative estimate of drug-likeness (QED) is 0.751. The number of ether oxygens (including phenoxy) is 2. The molecule has 1 saturated carbocycles. The highest BCUT2D eigenvalue weighted by atomic mass is 16.6. The number of carbonyl (C=O) groups excluding carboxylic acids is 2. The molecular formula is C16H27NO4. The molecule has 0 spiro atoms. The fraction of sp³-hybridized carbons (Fsp3) is 0.875. The van der Waals surface area contributed by atoms with E-state index >= 15 is 0 Å². The summed E-state index contributed by atoms with van der Waals surface area (Å²) in [5.41, 5.74) is -0.849. The lowest BCUT2D eigenvalue weighted by Crippen LogP contribution is -2.49. The van der Waals surface area contributed by atoms with E-state index in [9.17, 15) is 9.59 Å². The van der Waals surface area contributed by atoms with Gasteiger partial charge in [-0.1, -0.05) is 0 Å². The lowest BCUT2D eigenvalue weighted by Gasteiger charge is -2.40. The molecule has 1 amide bonds. The highest BCUT2D eigenvalue weighted by molar-refractivity contribution is 5.78. The Bertz CT molecular complexity index is 401. The fourth-order valence-electron chi connectivity index (χ4n) is 3.10. The van der Waals surface area contributed by atoms with E-state index in [1.54, 1.807) is 4.90 Å². The standard InChI is InChI=1S/C16H27NO4/c1-5-20-13(18)16(12-6-7-12)8-10-17(11-9-16)14(19)21-15(2,3)4/h12H,5-11H2,1-4H3. The van der Waals surface area contributed by atoms with Gasteiger partial charge in [-0.3, -0.25) is 4.79 Å². The highest BCUT2D eigenvalue weighted by Gasteiger charge is 2.53. The summed E-state index contributed by atoms with van der Waals surface area (Å²) < 4.78 is 10.7. The van der Waals surface area contributed by atoms with Crippen LogP contribution in [0.15, 0.2) is 0 Å². The minimum atomic E-state index is -0.483. The number of esters is 1. The molecule has 0 unspecified atom stereocenters. The molecule has 0 radical (unpaired) electrons. The second-order valence-corrected chi connectivity index (χ2v) is 7.12. The van der Waals surface area contributed by atoms with Crippen molar-refractivity contribution in [3.8, 4) is 0 Å². The molecule has 2 rings (SSSR count). The van der Waals surface area contributed by atoms with Crippen molar-refractivity contribution >= 4 is 12.1 Å². The first-order valence-electron chi connectivity index (χ1n) is 7.93. The molecule has 0 aromatic heterocycles. The Hall–Kier alpha value is -1.26. The Kier molecular flexibility index (Phi) is 4.49. The first kappa shape index (κ1) is 16.1. The van der Waals surface area contributed by atoms with E-state index in [1.165, 1.54) is 0 Å². The van der Waals surface area contributed by atoms with E-state index in [1.807, 2.05) is 27.7 Å². The van der Waals surface area contributed by atoms with Gasteiger partial charge < -0.3 is 14.4 Å². The molecule has 0 bridgehead atoms. The normalized spacial score (nSPS) is 21.8. The summed E-state index contributed by atoms with van der Waals surface area (Å²) in [6, 6.07) is 0. The van der Waals surface area contributed by atoms with Crippen molar-refractivity contribution in [1.82, 2.24) is 4.90 Å². The number of rotatable bonds is 3. The van der Waals surface area contributed by atoms with Crippen molar-refractivity contribution in [2.45, 2.75) is 59.0 Å². The minimum Gasteiger partial charge on any atom is -0.466 e. The number of likely N-dealkylation sites (tertiary alicyclic amines) is 1. The SMILES string of the molecule is CCOC(=O)C1(C2CC2)CCN(C(=O)OC(C)(C)C)CC1. The monoisotopic (exact) mass is 297 g/mol. The van der Waals surface area contributed by atoms with Crippen molar-refractivity contribution in [3.63, 3.8) is 0 Å². The largest absolute Gasteiger partial charge is 0.466 e. The van der Waals surface area contributed by atoms with Gasteiger partial charge in [0.25, 0.3) is 0 Å². The molecule has 2 fully saturated rings. The molecule has 1 heterocycles. The predicted molar refractivity (Wildman–Crippen MR) is 78.8 cm³/mol. The molecule has 1 saturated heterocycles. The first-order chi connectivity index (χ1) is 9.78. The number of piperidine rings is 1. The van der Waals surface area contributed by atoms with Gasteiger partial charge in [0.2, 0.25) is 0 Å². The van der Waals surface area contributed by atoms with Gasteiger partial charge in [0.15, 0.2) is 0 Å². The fourth-order valence-corrected chi connectivity index (χ4v) is 3.10. The van der Waals surface area contributed by atoms with Crippen LogP contribution in [0.2, 0.25) is 0 Å². The summed E-state index contributed by atoms with van der Waals surface area (Å²) in [6.07, 6.45) is 3.30. The third-order valence-corrected chi connectivity index (χ3v) is 4.35. The molecule has 5 heteroatoms. The van der Waals surface area contributed by atoms with E-state index < -0.39 is 5.60 Å². The Balaban J connectivity index is 1.97. The Morgan fingerprint density at radius 3 is 2.19 bits per heavy atom. The lowest BCUT2D eigenvalue weighted by molar-refractivity contribution is -0.160. The lowest BCUT2D eigenvalue weighted by atomic mass is 9.74. The summed E-state index contributed by atoms with van der Waals surface area (Å²) >= 11 is 0. The average molecular weight is 297 g/mol. The maximum Gasteiger partial charge on any atom is 0.410 e. The van der Waals surface area contributed by atoms with Crippen LogP contribution in [0.4, 0.5) is 4.79 Å². The summed E-state index contributed by atoms with van der Waals surface area (Å²) in [6.45, 7) is 9.00. The number of nitrogens with zero attached hydrogens (tertiary/aromatic N) is 1. The van der Waals surface area contributed by atoms with Crippen LogP contribution in [0, 0.1) is 11.3 Å². The molecule has 5 nitrogen and oxygen atoms in total. The Labute approximate surface area is 127 Å². The number of amides is 1. The predicted octanol–water partition coefficient (Wildman–Crippen LogP) is 2.98. The Morgan fingerprint density at radius 2 is 1.76 bits per heavy atom. The van der Waals surface area contributed by atoms with Gasteiger partial charge in [-0.25, -0.2) is 4.79 Å². The molecule has 0 aromatic carbocycles. The van der Waals surface area contributed by atoms with Gasteiger partial charge in [0, 0.05) is 13.1 Å². The van der Waals surface area contributed by atoms with Crippen LogP contribution >= 0.6 is 0 Å². The van der Waals surface area contributed by atoms with E-state index in [2.05, 4.69) is 0 Å². The average Bonchev–Trinajstić information content (AvgIpc) is 3.21. The van der Waals surface area contributed by atoms with Gasteiger partial charge >= 0.3 is 12.1 Å². The Morgan fingerprint density at radius 1 is 1.19 bits per heavy atom.